The second kappa shape index (κ2) is 8.12. The van der Waals surface area contributed by atoms with Crippen LogP contribution in [-0.4, -0.2) is 0 Å². The summed E-state index contributed by atoms with van der Waals surface area (Å²) in [5.74, 6) is 0. The lowest BCUT2D eigenvalue weighted by molar-refractivity contribution is 0.794. The van der Waals surface area contributed by atoms with Crippen LogP contribution in [-0.2, 0) is 5.41 Å². The molecular formula is C41H24S. The average molecular weight is 549 g/mol. The molecule has 7 aromatic rings. The predicted octanol–water partition coefficient (Wildman–Crippen LogP) is 11.0. The maximum atomic E-state index is 2.39. The fourth-order valence-corrected chi connectivity index (χ4v) is 9.39. The Labute approximate surface area is 249 Å². The molecule has 0 aromatic heterocycles. The van der Waals surface area contributed by atoms with Gasteiger partial charge in [0.05, 0.1) is 5.41 Å². The second-order valence-electron chi connectivity index (χ2n) is 11.6. The zero-order valence-corrected chi connectivity index (χ0v) is 23.6. The Morgan fingerprint density at radius 3 is 1.55 bits per heavy atom. The van der Waals surface area contributed by atoms with E-state index in [0.29, 0.717) is 0 Å². The highest BCUT2D eigenvalue weighted by atomic mass is 32.2. The summed E-state index contributed by atoms with van der Waals surface area (Å²) in [7, 11) is 0. The van der Waals surface area contributed by atoms with Crippen molar-refractivity contribution >= 4 is 22.5 Å². The minimum Gasteiger partial charge on any atom is -0.0888 e. The van der Waals surface area contributed by atoms with E-state index in [2.05, 4.69) is 146 Å². The van der Waals surface area contributed by atoms with Crippen LogP contribution in [0, 0.1) is 0 Å². The molecule has 0 saturated carbocycles. The summed E-state index contributed by atoms with van der Waals surface area (Å²) in [5.41, 5.74) is 15.9. The van der Waals surface area contributed by atoms with Gasteiger partial charge in [0, 0.05) is 20.7 Å². The Kier molecular flexibility index (Phi) is 4.41. The van der Waals surface area contributed by atoms with Crippen LogP contribution in [0.2, 0.25) is 0 Å². The van der Waals surface area contributed by atoms with Crippen molar-refractivity contribution < 1.29 is 0 Å². The predicted molar refractivity (Wildman–Crippen MR) is 175 cm³/mol. The Hall–Kier alpha value is -4.85. The summed E-state index contributed by atoms with van der Waals surface area (Å²) < 4.78 is 0. The zero-order chi connectivity index (χ0) is 27.4. The van der Waals surface area contributed by atoms with E-state index in [0.717, 1.165) is 0 Å². The third-order valence-electron chi connectivity index (χ3n) is 9.69. The van der Waals surface area contributed by atoms with Crippen LogP contribution in [0.4, 0.5) is 0 Å². The SMILES string of the molecule is c1ccc2c(c1)-c1ccccc1C21c2ccccc2-c2c(-c3cccc4c3-c3cccc5cccc(c35)S4)cccc21. The summed E-state index contributed by atoms with van der Waals surface area (Å²) >= 11 is 1.90. The first-order chi connectivity index (χ1) is 20.9. The summed E-state index contributed by atoms with van der Waals surface area (Å²) in [6.07, 6.45) is 0. The minimum atomic E-state index is -0.328. The van der Waals surface area contributed by atoms with E-state index >= 15 is 0 Å². The molecule has 1 spiro atoms. The molecule has 0 N–H and O–H groups in total. The highest BCUT2D eigenvalue weighted by molar-refractivity contribution is 7.99. The van der Waals surface area contributed by atoms with Crippen LogP contribution in [0.5, 0.6) is 0 Å². The van der Waals surface area contributed by atoms with Gasteiger partial charge >= 0.3 is 0 Å². The van der Waals surface area contributed by atoms with Gasteiger partial charge in [-0.3, -0.25) is 0 Å². The van der Waals surface area contributed by atoms with Crippen molar-refractivity contribution in [1.82, 2.24) is 0 Å². The van der Waals surface area contributed by atoms with Gasteiger partial charge in [-0.25, -0.2) is 0 Å². The lowest BCUT2D eigenvalue weighted by atomic mass is 9.70. The number of fused-ring (bicyclic) bond motifs is 12. The van der Waals surface area contributed by atoms with E-state index in [1.807, 2.05) is 11.8 Å². The Bertz CT molecular complexity index is 2240. The first-order valence-electron chi connectivity index (χ1n) is 14.6. The molecule has 0 fully saturated rings. The third-order valence-corrected chi connectivity index (χ3v) is 10.8. The molecule has 0 nitrogen and oxygen atoms in total. The highest BCUT2D eigenvalue weighted by Gasteiger charge is 2.52. The molecule has 194 valence electrons. The molecule has 3 aliphatic rings. The monoisotopic (exact) mass is 548 g/mol. The van der Waals surface area contributed by atoms with Crippen LogP contribution >= 0.6 is 11.8 Å². The van der Waals surface area contributed by atoms with E-state index in [-0.39, 0.29) is 5.41 Å². The number of benzene rings is 7. The van der Waals surface area contributed by atoms with E-state index < -0.39 is 0 Å². The third kappa shape index (κ3) is 2.66. The van der Waals surface area contributed by atoms with Crippen LogP contribution in [0.25, 0.3) is 55.3 Å². The van der Waals surface area contributed by atoms with Crippen LogP contribution in [0.15, 0.2) is 155 Å². The van der Waals surface area contributed by atoms with Gasteiger partial charge < -0.3 is 0 Å². The van der Waals surface area contributed by atoms with Gasteiger partial charge in [0.15, 0.2) is 0 Å². The quantitative estimate of drug-likeness (QED) is 0.197. The van der Waals surface area contributed by atoms with Crippen LogP contribution in [0.3, 0.4) is 0 Å². The molecule has 0 bridgehead atoms. The molecule has 1 aliphatic heterocycles. The lowest BCUT2D eigenvalue weighted by Gasteiger charge is -2.30. The molecule has 0 radical (unpaired) electrons. The lowest BCUT2D eigenvalue weighted by Crippen LogP contribution is -2.25. The maximum absolute atomic E-state index is 2.39. The molecule has 7 aromatic carbocycles. The summed E-state index contributed by atoms with van der Waals surface area (Å²) in [6, 6.07) is 54.6. The van der Waals surface area contributed by atoms with Gasteiger partial charge in [-0.1, -0.05) is 145 Å². The zero-order valence-electron chi connectivity index (χ0n) is 22.8. The fourth-order valence-electron chi connectivity index (χ4n) is 8.20. The van der Waals surface area contributed by atoms with Crippen molar-refractivity contribution in [1.29, 1.82) is 0 Å². The Morgan fingerprint density at radius 1 is 0.333 bits per heavy atom. The Balaban J connectivity index is 1.33. The molecule has 10 rings (SSSR count). The van der Waals surface area contributed by atoms with Crippen LogP contribution in [0.1, 0.15) is 22.3 Å². The first-order valence-corrected chi connectivity index (χ1v) is 15.4. The molecule has 0 atom stereocenters. The highest BCUT2D eigenvalue weighted by Crippen LogP contribution is 2.64. The van der Waals surface area contributed by atoms with E-state index in [1.165, 1.54) is 87.3 Å². The molecular weight excluding hydrogens is 525 g/mol. The summed E-state index contributed by atoms with van der Waals surface area (Å²) in [6.45, 7) is 0. The van der Waals surface area contributed by atoms with Crippen molar-refractivity contribution in [3.05, 3.63) is 168 Å². The van der Waals surface area contributed by atoms with Crippen molar-refractivity contribution in [2.45, 2.75) is 15.2 Å². The molecule has 0 amide bonds. The van der Waals surface area contributed by atoms with Crippen LogP contribution < -0.4 is 0 Å². The number of hydrogen-bond donors (Lipinski definition) is 0. The molecule has 1 heterocycles. The van der Waals surface area contributed by atoms with Gasteiger partial charge in [-0.05, 0) is 78.7 Å². The van der Waals surface area contributed by atoms with E-state index in [4.69, 9.17) is 0 Å². The minimum absolute atomic E-state index is 0.328. The molecule has 42 heavy (non-hydrogen) atoms. The van der Waals surface area contributed by atoms with Gasteiger partial charge in [0.1, 0.15) is 0 Å². The van der Waals surface area contributed by atoms with Crippen molar-refractivity contribution in [2.24, 2.45) is 0 Å². The molecule has 0 unspecified atom stereocenters. The topological polar surface area (TPSA) is 0 Å². The molecule has 1 heteroatoms. The number of hydrogen-bond acceptors (Lipinski definition) is 1. The first kappa shape index (κ1) is 22.8. The van der Waals surface area contributed by atoms with Crippen molar-refractivity contribution in [3.63, 3.8) is 0 Å². The van der Waals surface area contributed by atoms with Gasteiger partial charge in [0.2, 0.25) is 0 Å². The average Bonchev–Trinajstić information content (AvgIpc) is 3.52. The molecule has 0 saturated heterocycles. The maximum Gasteiger partial charge on any atom is 0.0725 e. The standard InChI is InChI=1S/C41H24S/c1-4-19-32-26(13-1)27-14-2-5-20-33(27)41(32)34-21-6-3-15-30(34)39-28(16-9-22-35(39)41)29-17-10-24-37-40(29)31-18-7-11-25-12-8-23-36(42-37)38(25)31/h1-24H. The fraction of sp³-hybridized carbons (Fsp3) is 0.0244. The second-order valence-corrected chi connectivity index (χ2v) is 12.6. The summed E-state index contributed by atoms with van der Waals surface area (Å²) in [4.78, 5) is 2.67. The van der Waals surface area contributed by atoms with Gasteiger partial charge in [0.25, 0.3) is 0 Å². The van der Waals surface area contributed by atoms with Gasteiger partial charge in [-0.15, -0.1) is 0 Å². The molecule has 2 aliphatic carbocycles. The van der Waals surface area contributed by atoms with Crippen molar-refractivity contribution in [2.75, 3.05) is 0 Å². The Morgan fingerprint density at radius 2 is 0.810 bits per heavy atom. The van der Waals surface area contributed by atoms with Crippen molar-refractivity contribution in [3.8, 4) is 44.5 Å². The summed E-state index contributed by atoms with van der Waals surface area (Å²) in [5, 5.41) is 2.67. The smallest absolute Gasteiger partial charge is 0.0725 e. The number of rotatable bonds is 1. The normalized spacial score (nSPS) is 14.3. The van der Waals surface area contributed by atoms with E-state index in [9.17, 15) is 0 Å². The van der Waals surface area contributed by atoms with E-state index in [1.54, 1.807) is 0 Å². The largest absolute Gasteiger partial charge is 0.0888 e. The van der Waals surface area contributed by atoms with Gasteiger partial charge in [-0.2, -0.15) is 0 Å².